The van der Waals surface area contributed by atoms with E-state index in [0.29, 0.717) is 11.5 Å². The smallest absolute Gasteiger partial charge is 0.348 e. The fourth-order valence-electron chi connectivity index (χ4n) is 3.41. The van der Waals surface area contributed by atoms with Gasteiger partial charge in [-0.3, -0.25) is 0 Å². The predicted molar refractivity (Wildman–Crippen MR) is 111 cm³/mol. The van der Waals surface area contributed by atoms with Crippen molar-refractivity contribution in [2.75, 3.05) is 20.3 Å². The molecule has 28 heavy (non-hydrogen) atoms. The number of benzene rings is 2. The number of rotatable bonds is 6. The fourth-order valence-corrected chi connectivity index (χ4v) is 4.57. The number of aryl methyl sites for hydroxylation is 3. The number of carbonyl (C=O) groups is 1. The van der Waals surface area contributed by atoms with Crippen LogP contribution in [0.15, 0.2) is 48.5 Å². The summed E-state index contributed by atoms with van der Waals surface area (Å²) in [5.41, 5.74) is 4.80. The lowest BCUT2D eigenvalue weighted by Crippen LogP contribution is -2.11. The van der Waals surface area contributed by atoms with Crippen LogP contribution in [0.5, 0.6) is 11.5 Å². The molecule has 0 spiro atoms. The highest BCUT2D eigenvalue weighted by molar-refractivity contribution is 7.17. The number of thiophene rings is 1. The van der Waals surface area contributed by atoms with Crippen LogP contribution in [0.1, 0.15) is 26.4 Å². The van der Waals surface area contributed by atoms with Gasteiger partial charge in [-0.25, -0.2) is 4.79 Å². The highest BCUT2D eigenvalue weighted by Gasteiger charge is 2.22. The molecule has 4 rings (SSSR count). The van der Waals surface area contributed by atoms with Crippen LogP contribution in [0.25, 0.3) is 10.4 Å². The first-order valence-electron chi connectivity index (χ1n) is 9.30. The van der Waals surface area contributed by atoms with Crippen molar-refractivity contribution >= 4 is 17.3 Å². The van der Waals surface area contributed by atoms with Crippen LogP contribution < -0.4 is 9.47 Å². The molecule has 3 aromatic rings. The minimum Gasteiger partial charge on any atom is -0.497 e. The van der Waals surface area contributed by atoms with Gasteiger partial charge in [0.2, 0.25) is 0 Å². The molecule has 0 N–H and O–H groups in total. The molecule has 0 saturated heterocycles. The molecule has 1 heterocycles. The Hall–Kier alpha value is -2.79. The van der Waals surface area contributed by atoms with Crippen LogP contribution >= 0.6 is 11.3 Å². The van der Waals surface area contributed by atoms with E-state index in [-0.39, 0.29) is 12.6 Å². The van der Waals surface area contributed by atoms with E-state index in [4.69, 9.17) is 14.2 Å². The molecular weight excluding hydrogens is 372 g/mol. The molecule has 2 aromatic carbocycles. The Morgan fingerprint density at radius 3 is 2.68 bits per heavy atom. The van der Waals surface area contributed by atoms with Gasteiger partial charge < -0.3 is 14.2 Å². The van der Waals surface area contributed by atoms with E-state index in [1.165, 1.54) is 28.0 Å². The molecule has 5 heteroatoms. The van der Waals surface area contributed by atoms with Crippen molar-refractivity contribution in [2.45, 2.75) is 19.8 Å². The number of ether oxygens (including phenoxy) is 3. The maximum atomic E-state index is 12.5. The molecule has 144 valence electrons. The number of hydrogen-bond acceptors (Lipinski definition) is 5. The molecule has 0 unspecified atom stereocenters. The second kappa shape index (κ2) is 8.07. The van der Waals surface area contributed by atoms with Crippen molar-refractivity contribution in [3.8, 4) is 21.9 Å². The van der Waals surface area contributed by atoms with Gasteiger partial charge >= 0.3 is 5.97 Å². The number of methoxy groups -OCH3 is 1. The molecule has 0 aliphatic heterocycles. The number of esters is 1. The Balaban J connectivity index is 1.39. The first-order valence-corrected chi connectivity index (χ1v) is 10.1. The largest absolute Gasteiger partial charge is 0.497 e. The number of hydrogen-bond donors (Lipinski definition) is 0. The third-order valence-corrected chi connectivity index (χ3v) is 6.00. The van der Waals surface area contributed by atoms with E-state index in [1.807, 2.05) is 43.3 Å². The second-order valence-corrected chi connectivity index (χ2v) is 7.84. The summed E-state index contributed by atoms with van der Waals surface area (Å²) in [5.74, 6) is 1.36. The molecule has 0 radical (unpaired) electrons. The Kier molecular flexibility index (Phi) is 5.35. The molecule has 4 nitrogen and oxygen atoms in total. The average molecular weight is 394 g/mol. The molecule has 1 aliphatic rings. The zero-order valence-corrected chi connectivity index (χ0v) is 16.8. The lowest BCUT2D eigenvalue weighted by Gasteiger charge is -2.16. The van der Waals surface area contributed by atoms with E-state index in [0.717, 1.165) is 34.8 Å². The van der Waals surface area contributed by atoms with Crippen molar-refractivity contribution in [1.82, 2.24) is 0 Å². The lowest BCUT2D eigenvalue weighted by molar-refractivity contribution is 0.0456. The topological polar surface area (TPSA) is 44.8 Å². The van der Waals surface area contributed by atoms with Crippen molar-refractivity contribution in [3.63, 3.8) is 0 Å². The molecule has 0 fully saturated rings. The van der Waals surface area contributed by atoms with Gasteiger partial charge in [0.25, 0.3) is 0 Å². The summed E-state index contributed by atoms with van der Waals surface area (Å²) in [6, 6.07) is 15.9. The Bertz CT molecular complexity index is 1010. The summed E-state index contributed by atoms with van der Waals surface area (Å²) in [5, 5.41) is 0. The number of carbonyl (C=O) groups excluding carboxylic acids is 1. The third kappa shape index (κ3) is 3.90. The number of fused-ring (bicyclic) bond motifs is 3. The van der Waals surface area contributed by atoms with Gasteiger partial charge in [0.1, 0.15) is 29.6 Å². The Labute approximate surface area is 168 Å². The summed E-state index contributed by atoms with van der Waals surface area (Å²) in [6.07, 6.45) is 1.88. The average Bonchev–Trinajstić information content (AvgIpc) is 3.15. The summed E-state index contributed by atoms with van der Waals surface area (Å²) in [6.45, 7) is 2.58. The first-order chi connectivity index (χ1) is 13.6. The summed E-state index contributed by atoms with van der Waals surface area (Å²) < 4.78 is 16.4. The van der Waals surface area contributed by atoms with Gasteiger partial charge in [-0.15, -0.1) is 11.3 Å². The highest BCUT2D eigenvalue weighted by atomic mass is 32.1. The van der Waals surface area contributed by atoms with E-state index >= 15 is 0 Å². The van der Waals surface area contributed by atoms with Gasteiger partial charge in [-0.2, -0.15) is 0 Å². The summed E-state index contributed by atoms with van der Waals surface area (Å²) in [4.78, 5) is 14.3. The second-order valence-electron chi connectivity index (χ2n) is 6.79. The van der Waals surface area contributed by atoms with Crippen molar-refractivity contribution in [3.05, 3.63) is 70.1 Å². The Morgan fingerprint density at radius 2 is 1.86 bits per heavy atom. The minimum atomic E-state index is -0.290. The third-order valence-electron chi connectivity index (χ3n) is 4.81. The quantitative estimate of drug-likeness (QED) is 0.433. The van der Waals surface area contributed by atoms with Gasteiger partial charge in [0, 0.05) is 4.88 Å². The van der Waals surface area contributed by atoms with Crippen LogP contribution in [0.4, 0.5) is 0 Å². The molecule has 0 bridgehead atoms. The molecular formula is C23H22O4S. The minimum absolute atomic E-state index is 0.225. The SMILES string of the molecule is COc1ccc2c(c1)CCc1cc(C(=O)OCCOc3cccc(C)c3)sc1-2. The fraction of sp³-hybridized carbons (Fsp3) is 0.261. The molecule has 0 atom stereocenters. The molecule has 1 aliphatic carbocycles. The van der Waals surface area contributed by atoms with Crippen molar-refractivity contribution in [1.29, 1.82) is 0 Å². The van der Waals surface area contributed by atoms with Crippen LogP contribution in [0.2, 0.25) is 0 Å². The maximum Gasteiger partial charge on any atom is 0.348 e. The van der Waals surface area contributed by atoms with Crippen LogP contribution in [0.3, 0.4) is 0 Å². The van der Waals surface area contributed by atoms with Crippen LogP contribution in [0, 0.1) is 6.92 Å². The van der Waals surface area contributed by atoms with Crippen molar-refractivity contribution in [2.24, 2.45) is 0 Å². The van der Waals surface area contributed by atoms with E-state index in [1.54, 1.807) is 7.11 Å². The van der Waals surface area contributed by atoms with Gasteiger partial charge in [0.15, 0.2) is 0 Å². The zero-order chi connectivity index (χ0) is 19.5. The van der Waals surface area contributed by atoms with E-state index in [2.05, 4.69) is 12.1 Å². The normalized spacial score (nSPS) is 12.1. The first kappa shape index (κ1) is 18.6. The molecule has 0 saturated carbocycles. The lowest BCUT2D eigenvalue weighted by atomic mass is 9.91. The monoisotopic (exact) mass is 394 g/mol. The van der Waals surface area contributed by atoms with Gasteiger partial charge in [-0.1, -0.05) is 12.1 Å². The maximum absolute atomic E-state index is 12.5. The highest BCUT2D eigenvalue weighted by Crippen LogP contribution is 2.40. The molecule has 0 amide bonds. The van der Waals surface area contributed by atoms with Gasteiger partial charge in [-0.05, 0) is 78.4 Å². The standard InChI is InChI=1S/C23H22O4S/c1-15-4-3-5-19(12-15)26-10-11-27-23(24)21-14-17-7-6-16-13-18(25-2)8-9-20(16)22(17)28-21/h3-5,8-9,12-14H,6-7,10-11H2,1-2H3. The Morgan fingerprint density at radius 1 is 1.00 bits per heavy atom. The predicted octanol–water partition coefficient (Wildman–Crippen LogP) is 5.07. The zero-order valence-electron chi connectivity index (χ0n) is 16.0. The summed E-state index contributed by atoms with van der Waals surface area (Å²) in [7, 11) is 1.68. The van der Waals surface area contributed by atoms with Gasteiger partial charge in [0.05, 0.1) is 7.11 Å². The van der Waals surface area contributed by atoms with Crippen LogP contribution in [-0.4, -0.2) is 26.3 Å². The van der Waals surface area contributed by atoms with E-state index in [9.17, 15) is 4.79 Å². The van der Waals surface area contributed by atoms with E-state index < -0.39 is 0 Å². The van der Waals surface area contributed by atoms with Crippen molar-refractivity contribution < 1.29 is 19.0 Å². The molecule has 1 aromatic heterocycles. The summed E-state index contributed by atoms with van der Waals surface area (Å²) >= 11 is 1.50. The van der Waals surface area contributed by atoms with Crippen LogP contribution in [-0.2, 0) is 17.6 Å².